The minimum absolute atomic E-state index is 0.101. The third-order valence-corrected chi connectivity index (χ3v) is 5.01. The second kappa shape index (κ2) is 7.48. The molecule has 138 valence electrons. The number of hydrogen-bond donors (Lipinski definition) is 1. The van der Waals surface area contributed by atoms with E-state index in [-0.39, 0.29) is 11.3 Å². The van der Waals surface area contributed by atoms with E-state index < -0.39 is 0 Å². The van der Waals surface area contributed by atoms with Crippen molar-refractivity contribution in [3.05, 3.63) is 53.9 Å². The molecule has 26 heavy (non-hydrogen) atoms. The molecule has 1 aromatic carbocycles. The molecule has 1 fully saturated rings. The lowest BCUT2D eigenvalue weighted by Gasteiger charge is -2.32. The molecule has 0 spiro atoms. The number of carbonyl (C=O) groups is 1. The summed E-state index contributed by atoms with van der Waals surface area (Å²) in [5.74, 6) is 0.524. The molecule has 1 aliphatic heterocycles. The number of benzene rings is 1. The number of nitrogens with zero attached hydrogens (tertiary/aromatic N) is 2. The Labute approximate surface area is 156 Å². The summed E-state index contributed by atoms with van der Waals surface area (Å²) in [6.07, 6.45) is 4.21. The second-order valence-corrected chi connectivity index (χ2v) is 8.37. The van der Waals surface area contributed by atoms with E-state index in [4.69, 9.17) is 0 Å². The summed E-state index contributed by atoms with van der Waals surface area (Å²) in [5, 5.41) is 2.96. The van der Waals surface area contributed by atoms with E-state index in [1.54, 1.807) is 6.20 Å². The summed E-state index contributed by atoms with van der Waals surface area (Å²) in [4.78, 5) is 19.2. The number of aromatic nitrogens is 1. The maximum atomic E-state index is 12.6. The Morgan fingerprint density at radius 1 is 1.19 bits per heavy atom. The molecular weight excluding hydrogens is 322 g/mol. The number of anilines is 2. The van der Waals surface area contributed by atoms with Crippen LogP contribution < -0.4 is 10.2 Å². The smallest absolute Gasteiger partial charge is 0.274 e. The molecule has 1 N–H and O–H groups in total. The highest BCUT2D eigenvalue weighted by atomic mass is 16.1. The van der Waals surface area contributed by atoms with Gasteiger partial charge in [-0.1, -0.05) is 39.8 Å². The van der Waals surface area contributed by atoms with Gasteiger partial charge in [0.2, 0.25) is 0 Å². The first kappa shape index (κ1) is 18.4. The Morgan fingerprint density at radius 2 is 1.92 bits per heavy atom. The fraction of sp³-hybridized carbons (Fsp3) is 0.455. The van der Waals surface area contributed by atoms with E-state index in [2.05, 4.69) is 55.0 Å². The normalized spacial score (nSPS) is 17.8. The van der Waals surface area contributed by atoms with Gasteiger partial charge < -0.3 is 10.2 Å². The first-order chi connectivity index (χ1) is 12.3. The van der Waals surface area contributed by atoms with Crippen LogP contribution in [0.4, 0.5) is 11.4 Å². The van der Waals surface area contributed by atoms with E-state index in [1.165, 1.54) is 18.4 Å². The van der Waals surface area contributed by atoms with Crippen molar-refractivity contribution in [2.24, 2.45) is 5.92 Å². The molecule has 1 aliphatic rings. The molecule has 1 atom stereocenters. The third-order valence-electron chi connectivity index (χ3n) is 5.01. The van der Waals surface area contributed by atoms with Crippen LogP contribution in [-0.2, 0) is 5.41 Å². The molecule has 0 bridgehead atoms. The van der Waals surface area contributed by atoms with Crippen molar-refractivity contribution >= 4 is 17.3 Å². The van der Waals surface area contributed by atoms with Crippen molar-refractivity contribution < 1.29 is 4.79 Å². The minimum Gasteiger partial charge on any atom is -0.371 e. The molecular formula is C22H29N3O. The van der Waals surface area contributed by atoms with Gasteiger partial charge in [0, 0.05) is 30.7 Å². The number of pyridine rings is 1. The second-order valence-electron chi connectivity index (χ2n) is 8.37. The third kappa shape index (κ3) is 4.43. The predicted octanol–water partition coefficient (Wildman–Crippen LogP) is 4.87. The van der Waals surface area contributed by atoms with Crippen molar-refractivity contribution in [2.75, 3.05) is 23.3 Å². The maximum Gasteiger partial charge on any atom is 0.274 e. The highest BCUT2D eigenvalue weighted by Gasteiger charge is 2.18. The van der Waals surface area contributed by atoms with Gasteiger partial charge in [0.1, 0.15) is 5.69 Å². The summed E-state index contributed by atoms with van der Waals surface area (Å²) in [6.45, 7) is 10.9. The molecule has 1 unspecified atom stereocenters. The van der Waals surface area contributed by atoms with Crippen LogP contribution >= 0.6 is 0 Å². The average Bonchev–Trinajstić information content (AvgIpc) is 2.61. The minimum atomic E-state index is -0.166. The molecule has 2 heterocycles. The summed E-state index contributed by atoms with van der Waals surface area (Å²) in [5.41, 5.74) is 3.68. The molecule has 0 radical (unpaired) electrons. The van der Waals surface area contributed by atoms with Gasteiger partial charge in [0.25, 0.3) is 5.91 Å². The molecule has 2 aromatic rings. The van der Waals surface area contributed by atoms with Crippen LogP contribution in [0.2, 0.25) is 0 Å². The van der Waals surface area contributed by atoms with E-state index in [0.717, 1.165) is 24.5 Å². The largest absolute Gasteiger partial charge is 0.371 e. The first-order valence-electron chi connectivity index (χ1n) is 9.46. The highest BCUT2D eigenvalue weighted by Crippen LogP contribution is 2.25. The van der Waals surface area contributed by atoms with Gasteiger partial charge in [-0.05, 0) is 54.0 Å². The van der Waals surface area contributed by atoms with Crippen molar-refractivity contribution in [1.29, 1.82) is 0 Å². The zero-order valence-corrected chi connectivity index (χ0v) is 16.2. The summed E-state index contributed by atoms with van der Waals surface area (Å²) in [7, 11) is 0. The van der Waals surface area contributed by atoms with Gasteiger partial charge >= 0.3 is 0 Å². The number of rotatable bonds is 3. The molecule has 4 heteroatoms. The van der Waals surface area contributed by atoms with Gasteiger partial charge in [-0.15, -0.1) is 0 Å². The lowest BCUT2D eigenvalue weighted by atomic mass is 9.87. The number of amides is 1. The standard InChI is InChI=1S/C22H29N3O/c1-16-6-5-13-25(15-16)19-11-12-23-20(14-19)21(26)24-18-9-7-17(8-10-18)22(2,3)4/h7-12,14,16H,5-6,13,15H2,1-4H3,(H,24,26). The van der Waals surface area contributed by atoms with E-state index in [1.807, 2.05) is 24.3 Å². The Hall–Kier alpha value is -2.36. The van der Waals surface area contributed by atoms with Crippen molar-refractivity contribution in [3.8, 4) is 0 Å². The van der Waals surface area contributed by atoms with Gasteiger partial charge in [-0.3, -0.25) is 9.78 Å². The van der Waals surface area contributed by atoms with Gasteiger partial charge in [0.05, 0.1) is 0 Å². The fourth-order valence-electron chi connectivity index (χ4n) is 3.41. The SMILES string of the molecule is CC1CCCN(c2ccnc(C(=O)Nc3ccc(C(C)(C)C)cc3)c2)C1. The van der Waals surface area contributed by atoms with Crippen LogP contribution in [0, 0.1) is 5.92 Å². The van der Waals surface area contributed by atoms with Crippen molar-refractivity contribution in [1.82, 2.24) is 4.98 Å². The number of nitrogens with one attached hydrogen (secondary N) is 1. The van der Waals surface area contributed by atoms with Crippen LogP contribution in [0.25, 0.3) is 0 Å². The van der Waals surface area contributed by atoms with E-state index >= 15 is 0 Å². The molecule has 3 rings (SSSR count). The predicted molar refractivity (Wildman–Crippen MR) is 108 cm³/mol. The van der Waals surface area contributed by atoms with Crippen LogP contribution in [0.5, 0.6) is 0 Å². The van der Waals surface area contributed by atoms with Gasteiger partial charge in [0.15, 0.2) is 0 Å². The van der Waals surface area contributed by atoms with E-state index in [9.17, 15) is 4.79 Å². The average molecular weight is 351 g/mol. The summed E-state index contributed by atoms with van der Waals surface area (Å²) in [6, 6.07) is 11.9. The Balaban J connectivity index is 1.71. The van der Waals surface area contributed by atoms with Gasteiger partial charge in [-0.25, -0.2) is 0 Å². The van der Waals surface area contributed by atoms with Crippen molar-refractivity contribution in [3.63, 3.8) is 0 Å². The number of piperidine rings is 1. The Kier molecular flexibility index (Phi) is 5.30. The lowest BCUT2D eigenvalue weighted by molar-refractivity contribution is 0.102. The van der Waals surface area contributed by atoms with E-state index in [0.29, 0.717) is 11.6 Å². The molecule has 1 amide bonds. The molecule has 0 aliphatic carbocycles. The number of carbonyl (C=O) groups excluding carboxylic acids is 1. The summed E-state index contributed by atoms with van der Waals surface area (Å²) >= 11 is 0. The Bertz CT molecular complexity index is 762. The van der Waals surface area contributed by atoms with Crippen LogP contribution in [0.1, 0.15) is 56.6 Å². The zero-order chi connectivity index (χ0) is 18.7. The quantitative estimate of drug-likeness (QED) is 0.858. The van der Waals surface area contributed by atoms with Crippen molar-refractivity contribution in [2.45, 2.75) is 46.0 Å². The zero-order valence-electron chi connectivity index (χ0n) is 16.2. The first-order valence-corrected chi connectivity index (χ1v) is 9.46. The molecule has 4 nitrogen and oxygen atoms in total. The number of hydrogen-bond acceptors (Lipinski definition) is 3. The lowest BCUT2D eigenvalue weighted by Crippen LogP contribution is -2.34. The molecule has 1 aromatic heterocycles. The summed E-state index contributed by atoms with van der Waals surface area (Å²) < 4.78 is 0. The fourth-order valence-corrected chi connectivity index (χ4v) is 3.41. The van der Waals surface area contributed by atoms with Gasteiger partial charge in [-0.2, -0.15) is 0 Å². The molecule has 0 saturated carbocycles. The monoisotopic (exact) mass is 351 g/mol. The van der Waals surface area contributed by atoms with Crippen LogP contribution in [-0.4, -0.2) is 24.0 Å². The topological polar surface area (TPSA) is 45.2 Å². The highest BCUT2D eigenvalue weighted by molar-refractivity contribution is 6.03. The maximum absolute atomic E-state index is 12.6. The van der Waals surface area contributed by atoms with Crippen LogP contribution in [0.15, 0.2) is 42.6 Å². The molecule has 1 saturated heterocycles. The van der Waals surface area contributed by atoms with Crippen LogP contribution in [0.3, 0.4) is 0 Å². The Morgan fingerprint density at radius 3 is 2.58 bits per heavy atom.